The number of carbonyl (C=O) groups is 2. The molecule has 0 bridgehead atoms. The van der Waals surface area contributed by atoms with Gasteiger partial charge in [0.2, 0.25) is 6.10 Å². The molecule has 0 spiro atoms. The Bertz CT molecular complexity index is 1120. The van der Waals surface area contributed by atoms with Gasteiger partial charge < -0.3 is 9.47 Å². The largest absolute Gasteiger partial charge is 0.460 e. The van der Waals surface area contributed by atoms with E-state index in [-0.39, 0.29) is 23.6 Å². The van der Waals surface area contributed by atoms with Gasteiger partial charge in [0.15, 0.2) is 5.44 Å². The highest BCUT2D eigenvalue weighted by Crippen LogP contribution is 2.64. The fourth-order valence-corrected chi connectivity index (χ4v) is 3.89. The Hall–Kier alpha value is -2.68. The summed E-state index contributed by atoms with van der Waals surface area (Å²) in [6.07, 6.45) is -12.2. The maximum absolute atomic E-state index is 15.0. The molecule has 0 fully saturated rings. The molecule has 1 aromatic carbocycles. The third kappa shape index (κ3) is 6.03. The lowest BCUT2D eigenvalue weighted by molar-refractivity contribution is -0.464. The summed E-state index contributed by atoms with van der Waals surface area (Å²) >= 11 is -0.314. The van der Waals surface area contributed by atoms with E-state index in [1.165, 1.54) is 6.07 Å². The van der Waals surface area contributed by atoms with Crippen LogP contribution in [-0.4, -0.2) is 71.1 Å². The number of ether oxygens (including phenoxy) is 2. The van der Waals surface area contributed by atoms with Crippen molar-refractivity contribution >= 4 is 23.7 Å². The Balaban J connectivity index is 3.86. The van der Waals surface area contributed by atoms with E-state index >= 15 is 0 Å². The molecule has 22 heteroatoms. The standard InChI is InChI=1S/C20H13F17O4S/c1-8(38)40-11(12(41-9(2)39)42-10-6-4-3-5-7-10)13(21,22)14(23,24)15(25,26)16(27,28)17(29,30)18(31,32)19(33,34)20(35,36)37/h3-7,11-12H,1-2H3. The molecule has 0 N–H and O–H groups in total. The predicted molar refractivity (Wildman–Crippen MR) is 104 cm³/mol. The van der Waals surface area contributed by atoms with E-state index in [0.29, 0.717) is 6.92 Å². The molecule has 0 saturated heterocycles. The second-order valence-corrected chi connectivity index (χ2v) is 9.18. The number of esters is 2. The highest BCUT2D eigenvalue weighted by atomic mass is 32.2. The monoisotopic (exact) mass is 672 g/mol. The third-order valence-electron chi connectivity index (χ3n) is 4.92. The molecule has 4 nitrogen and oxygen atoms in total. The second-order valence-electron chi connectivity index (χ2n) is 8.01. The Morgan fingerprint density at radius 3 is 1.29 bits per heavy atom. The minimum Gasteiger partial charge on any atom is -0.451 e. The van der Waals surface area contributed by atoms with Crippen LogP contribution in [0.25, 0.3) is 0 Å². The highest BCUT2D eigenvalue weighted by molar-refractivity contribution is 7.99. The van der Waals surface area contributed by atoms with Gasteiger partial charge in [-0.05, 0) is 12.1 Å². The fraction of sp³-hybridized carbons (Fsp3) is 0.600. The maximum Gasteiger partial charge on any atom is 0.460 e. The molecular formula is C20H13F17O4S. The van der Waals surface area contributed by atoms with Crippen LogP contribution in [0.3, 0.4) is 0 Å². The Labute approximate surface area is 226 Å². The van der Waals surface area contributed by atoms with Crippen molar-refractivity contribution in [3.8, 4) is 0 Å². The van der Waals surface area contributed by atoms with Crippen LogP contribution in [0.4, 0.5) is 74.6 Å². The van der Waals surface area contributed by atoms with Gasteiger partial charge in [0.1, 0.15) is 0 Å². The molecule has 1 aromatic rings. The van der Waals surface area contributed by atoms with E-state index in [0.717, 1.165) is 24.3 Å². The lowest BCUT2D eigenvalue weighted by Crippen LogP contribution is -2.75. The predicted octanol–water partition coefficient (Wildman–Crippen LogP) is 7.61. The number of hydrogen-bond donors (Lipinski definition) is 0. The quantitative estimate of drug-likeness (QED) is 0.0991. The SMILES string of the molecule is CC(=O)OC(Sc1ccccc1)C(OC(C)=O)C(F)(F)C(F)(F)C(F)(F)C(F)(F)C(F)(F)C(F)(F)C(F)(F)C(F)(F)F. The molecule has 2 atom stereocenters. The normalized spacial score (nSPS) is 16.1. The topological polar surface area (TPSA) is 52.6 Å². The summed E-state index contributed by atoms with van der Waals surface area (Å²) in [4.78, 5) is 22.3. The van der Waals surface area contributed by atoms with Gasteiger partial charge in [0.05, 0.1) is 0 Å². The van der Waals surface area contributed by atoms with Crippen molar-refractivity contribution in [3.05, 3.63) is 30.3 Å². The summed E-state index contributed by atoms with van der Waals surface area (Å²) in [6, 6.07) is 5.34. The molecule has 0 heterocycles. The summed E-state index contributed by atoms with van der Waals surface area (Å²) in [5, 5.41) is 0. The van der Waals surface area contributed by atoms with Crippen LogP contribution in [0.5, 0.6) is 0 Å². The van der Waals surface area contributed by atoms with Crippen LogP contribution in [-0.2, 0) is 19.1 Å². The van der Waals surface area contributed by atoms with E-state index in [2.05, 4.69) is 9.47 Å². The van der Waals surface area contributed by atoms with Gasteiger partial charge in [0, 0.05) is 18.7 Å². The Kier molecular flexibility index (Phi) is 10.2. The first-order valence-corrected chi connectivity index (χ1v) is 11.1. The number of thioether (sulfide) groups is 1. The van der Waals surface area contributed by atoms with Crippen molar-refractivity contribution in [3.63, 3.8) is 0 Å². The number of hydrogen-bond acceptors (Lipinski definition) is 5. The molecule has 42 heavy (non-hydrogen) atoms. The maximum atomic E-state index is 15.0. The minimum absolute atomic E-state index is 0.111. The first kappa shape index (κ1) is 37.3. The molecule has 0 radical (unpaired) electrons. The average Bonchev–Trinajstić information content (AvgIpc) is 2.80. The molecule has 1 rings (SSSR count). The molecule has 0 aromatic heterocycles. The van der Waals surface area contributed by atoms with Gasteiger partial charge in [0.25, 0.3) is 0 Å². The number of halogens is 17. The zero-order valence-electron chi connectivity index (χ0n) is 20.0. The molecule has 2 unspecified atom stereocenters. The first-order chi connectivity index (χ1) is 18.4. The smallest absolute Gasteiger partial charge is 0.451 e. The zero-order valence-corrected chi connectivity index (χ0v) is 20.8. The number of carbonyl (C=O) groups excluding carboxylic acids is 2. The van der Waals surface area contributed by atoms with Gasteiger partial charge in [-0.25, -0.2) is 0 Å². The van der Waals surface area contributed by atoms with Crippen LogP contribution in [0.15, 0.2) is 35.2 Å². The summed E-state index contributed by atoms with van der Waals surface area (Å²) in [5.41, 5.74) is -3.13. The number of alkyl halides is 17. The van der Waals surface area contributed by atoms with Crippen molar-refractivity contribution in [2.45, 2.75) is 77.9 Å². The van der Waals surface area contributed by atoms with Gasteiger partial charge in [-0.2, -0.15) is 74.6 Å². The summed E-state index contributed by atoms with van der Waals surface area (Å²) in [5.74, 6) is -62.4. The minimum atomic E-state index is -8.83. The summed E-state index contributed by atoms with van der Waals surface area (Å²) in [6.45, 7) is 0.478. The fourth-order valence-electron chi connectivity index (χ4n) is 2.78. The molecule has 0 amide bonds. The lowest BCUT2D eigenvalue weighted by Gasteiger charge is -2.44. The molecular weight excluding hydrogens is 659 g/mol. The van der Waals surface area contributed by atoms with Gasteiger partial charge in [-0.15, -0.1) is 0 Å². The van der Waals surface area contributed by atoms with Crippen LogP contribution >= 0.6 is 11.8 Å². The molecule has 0 aliphatic heterocycles. The van der Waals surface area contributed by atoms with Crippen molar-refractivity contribution < 1.29 is 93.7 Å². The van der Waals surface area contributed by atoms with E-state index in [1.807, 2.05) is 0 Å². The van der Waals surface area contributed by atoms with E-state index in [1.54, 1.807) is 0 Å². The van der Waals surface area contributed by atoms with Crippen LogP contribution in [0.1, 0.15) is 13.8 Å². The second kappa shape index (κ2) is 11.4. The number of benzene rings is 1. The Morgan fingerprint density at radius 2 is 0.929 bits per heavy atom. The van der Waals surface area contributed by atoms with Crippen molar-refractivity contribution in [2.24, 2.45) is 0 Å². The summed E-state index contributed by atoms with van der Waals surface area (Å²) < 4.78 is 240. The molecule has 0 aliphatic carbocycles. The molecule has 0 aliphatic rings. The van der Waals surface area contributed by atoms with E-state index < -0.39 is 71.1 Å². The highest BCUT2D eigenvalue weighted by Gasteiger charge is 2.95. The Morgan fingerprint density at radius 1 is 0.571 bits per heavy atom. The van der Waals surface area contributed by atoms with Crippen molar-refractivity contribution in [2.75, 3.05) is 0 Å². The first-order valence-electron chi connectivity index (χ1n) is 10.2. The lowest BCUT2D eigenvalue weighted by atomic mass is 9.87. The van der Waals surface area contributed by atoms with Gasteiger partial charge in [-0.3, -0.25) is 9.59 Å². The van der Waals surface area contributed by atoms with Gasteiger partial charge >= 0.3 is 59.6 Å². The van der Waals surface area contributed by atoms with Crippen molar-refractivity contribution in [1.82, 2.24) is 0 Å². The molecule has 0 saturated carbocycles. The van der Waals surface area contributed by atoms with Crippen molar-refractivity contribution in [1.29, 1.82) is 0 Å². The zero-order chi connectivity index (χ0) is 33.5. The molecule has 242 valence electrons. The van der Waals surface area contributed by atoms with Gasteiger partial charge in [-0.1, -0.05) is 30.0 Å². The van der Waals surface area contributed by atoms with E-state index in [9.17, 15) is 84.2 Å². The third-order valence-corrected chi connectivity index (χ3v) is 6.04. The van der Waals surface area contributed by atoms with Crippen LogP contribution < -0.4 is 0 Å². The summed E-state index contributed by atoms with van der Waals surface area (Å²) in [7, 11) is 0. The van der Waals surface area contributed by atoms with Crippen LogP contribution in [0.2, 0.25) is 0 Å². The number of rotatable bonds is 12. The van der Waals surface area contributed by atoms with E-state index in [4.69, 9.17) is 0 Å². The van der Waals surface area contributed by atoms with Crippen LogP contribution in [0, 0.1) is 0 Å². The average molecular weight is 672 g/mol.